The Morgan fingerprint density at radius 1 is 1.25 bits per heavy atom. The zero-order chi connectivity index (χ0) is 16.7. The maximum absolute atomic E-state index is 11.9. The molecule has 0 aliphatic heterocycles. The summed E-state index contributed by atoms with van der Waals surface area (Å²) in [6.07, 6.45) is 7.35. The first kappa shape index (κ1) is 14.8. The Kier molecular flexibility index (Phi) is 3.49. The summed E-state index contributed by atoms with van der Waals surface area (Å²) in [4.78, 5) is 25.2. The molecule has 0 unspecified atom stereocenters. The predicted octanol–water partition coefficient (Wildman–Crippen LogP) is 3.90. The molecule has 3 heterocycles. The molecule has 3 aromatic heterocycles. The van der Waals surface area contributed by atoms with Crippen molar-refractivity contribution in [1.82, 2.24) is 15.0 Å². The molecule has 122 valence electrons. The summed E-state index contributed by atoms with van der Waals surface area (Å²) in [6, 6.07) is 5.92. The van der Waals surface area contributed by atoms with Crippen LogP contribution in [0.5, 0.6) is 0 Å². The zero-order valence-corrected chi connectivity index (χ0v) is 13.7. The molecule has 4 rings (SSSR count). The molecule has 1 aliphatic carbocycles. The highest BCUT2D eigenvalue weighted by atomic mass is 16.2. The van der Waals surface area contributed by atoms with E-state index in [9.17, 15) is 4.79 Å². The highest BCUT2D eigenvalue weighted by molar-refractivity contribution is 5.96. The second kappa shape index (κ2) is 5.67. The minimum Gasteiger partial charge on any atom is -0.310 e. The molecule has 0 bridgehead atoms. The lowest BCUT2D eigenvalue weighted by Crippen LogP contribution is -2.14. The predicted molar refractivity (Wildman–Crippen MR) is 95.7 cm³/mol. The fourth-order valence-electron chi connectivity index (χ4n) is 2.83. The highest BCUT2D eigenvalue weighted by Gasteiger charge is 2.29. The number of amides is 1. The van der Waals surface area contributed by atoms with E-state index in [1.165, 1.54) is 0 Å². The van der Waals surface area contributed by atoms with Crippen molar-refractivity contribution >= 4 is 22.5 Å². The van der Waals surface area contributed by atoms with Gasteiger partial charge < -0.3 is 5.32 Å². The largest absolute Gasteiger partial charge is 0.310 e. The van der Waals surface area contributed by atoms with Crippen molar-refractivity contribution in [2.75, 3.05) is 5.32 Å². The zero-order valence-electron chi connectivity index (χ0n) is 13.7. The van der Waals surface area contributed by atoms with E-state index in [1.807, 2.05) is 38.2 Å². The SMILES string of the molecule is Cc1ccncc1-c1cc2cc(NC(=O)C3CC3)ncc2c(C)n1.[HH]. The molecule has 5 heteroatoms. The molecule has 1 aliphatic rings. The first-order chi connectivity index (χ1) is 11.6. The number of nitrogens with zero attached hydrogens (tertiary/aromatic N) is 3. The van der Waals surface area contributed by atoms with E-state index in [0.29, 0.717) is 5.82 Å². The van der Waals surface area contributed by atoms with Crippen molar-refractivity contribution in [1.29, 1.82) is 0 Å². The van der Waals surface area contributed by atoms with Gasteiger partial charge in [0.05, 0.1) is 5.69 Å². The fraction of sp³-hybridized carbons (Fsp3) is 0.263. The Morgan fingerprint density at radius 3 is 2.83 bits per heavy atom. The third-order valence-electron chi connectivity index (χ3n) is 4.42. The summed E-state index contributed by atoms with van der Waals surface area (Å²) in [5.74, 6) is 0.824. The summed E-state index contributed by atoms with van der Waals surface area (Å²) in [7, 11) is 0. The molecular formula is C19H20N4O. The number of anilines is 1. The Balaban J connectivity index is 0.00000182. The van der Waals surface area contributed by atoms with Crippen molar-refractivity contribution in [3.05, 3.63) is 48.0 Å². The topological polar surface area (TPSA) is 67.8 Å². The van der Waals surface area contributed by atoms with E-state index < -0.39 is 0 Å². The van der Waals surface area contributed by atoms with Gasteiger partial charge in [0.1, 0.15) is 5.82 Å². The van der Waals surface area contributed by atoms with Gasteiger partial charge in [0.15, 0.2) is 0 Å². The van der Waals surface area contributed by atoms with E-state index in [-0.39, 0.29) is 13.3 Å². The molecule has 1 fully saturated rings. The molecule has 0 radical (unpaired) electrons. The second-order valence-electron chi connectivity index (χ2n) is 6.34. The van der Waals surface area contributed by atoms with Crippen LogP contribution in [-0.4, -0.2) is 20.9 Å². The molecule has 0 aromatic carbocycles. The number of fused-ring (bicyclic) bond motifs is 1. The number of rotatable bonds is 3. The highest BCUT2D eigenvalue weighted by Crippen LogP contribution is 2.31. The van der Waals surface area contributed by atoms with Crippen LogP contribution < -0.4 is 5.32 Å². The van der Waals surface area contributed by atoms with E-state index in [4.69, 9.17) is 4.98 Å². The molecule has 0 saturated heterocycles. The maximum atomic E-state index is 11.9. The number of hydrogen-bond acceptors (Lipinski definition) is 4. The summed E-state index contributed by atoms with van der Waals surface area (Å²) < 4.78 is 0. The Hall–Kier alpha value is -2.82. The Bertz CT molecular complexity index is 953. The first-order valence-corrected chi connectivity index (χ1v) is 8.11. The van der Waals surface area contributed by atoms with E-state index in [1.54, 1.807) is 12.4 Å². The minimum atomic E-state index is 0. The average Bonchev–Trinajstić information content (AvgIpc) is 3.40. The molecule has 1 saturated carbocycles. The standard InChI is InChI=1S/C19H18N4O.H2/c1-11-5-6-20-9-15(11)17-7-14-8-18(23-19(24)13-3-4-13)21-10-16(14)12(2)22-17;/h5-10,13H,3-4H2,1-2H3,(H,21,23,24);1H. The van der Waals surface area contributed by atoms with Gasteiger partial charge in [-0.2, -0.15) is 0 Å². The average molecular weight is 320 g/mol. The first-order valence-electron chi connectivity index (χ1n) is 8.11. The molecule has 3 aromatic rings. The van der Waals surface area contributed by atoms with Gasteiger partial charge in [0.2, 0.25) is 5.91 Å². The molecule has 1 amide bonds. The quantitative estimate of drug-likeness (QED) is 0.794. The number of pyridine rings is 3. The molecule has 1 N–H and O–H groups in total. The number of aromatic nitrogens is 3. The van der Waals surface area contributed by atoms with Crippen molar-refractivity contribution in [2.24, 2.45) is 5.92 Å². The van der Waals surface area contributed by atoms with Crippen molar-refractivity contribution < 1.29 is 6.22 Å². The number of carbonyl (C=O) groups is 1. The normalized spacial score (nSPS) is 13.9. The van der Waals surface area contributed by atoms with Gasteiger partial charge in [0.25, 0.3) is 0 Å². The third kappa shape index (κ3) is 2.73. The van der Waals surface area contributed by atoms with Gasteiger partial charge in [-0.15, -0.1) is 0 Å². The summed E-state index contributed by atoms with van der Waals surface area (Å²) >= 11 is 0. The van der Waals surface area contributed by atoms with Crippen LogP contribution in [0.3, 0.4) is 0 Å². The van der Waals surface area contributed by atoms with Gasteiger partial charge >= 0.3 is 0 Å². The van der Waals surface area contributed by atoms with Gasteiger partial charge in [-0.3, -0.25) is 14.8 Å². The molecular weight excluding hydrogens is 300 g/mol. The number of aryl methyl sites for hydroxylation is 2. The Morgan fingerprint density at radius 2 is 2.08 bits per heavy atom. The van der Waals surface area contributed by atoms with Crippen LogP contribution in [0.4, 0.5) is 5.82 Å². The summed E-state index contributed by atoms with van der Waals surface area (Å²) in [5, 5.41) is 4.91. The van der Waals surface area contributed by atoms with Gasteiger partial charge in [-0.05, 0) is 55.8 Å². The fourth-order valence-corrected chi connectivity index (χ4v) is 2.83. The van der Waals surface area contributed by atoms with Crippen LogP contribution in [0.1, 0.15) is 25.5 Å². The number of nitrogens with one attached hydrogen (secondary N) is 1. The summed E-state index contributed by atoms with van der Waals surface area (Å²) in [5.41, 5.74) is 3.95. The van der Waals surface area contributed by atoms with Crippen molar-refractivity contribution in [3.63, 3.8) is 0 Å². The van der Waals surface area contributed by atoms with Crippen LogP contribution in [0.2, 0.25) is 0 Å². The van der Waals surface area contributed by atoms with Gasteiger partial charge in [-0.1, -0.05) is 0 Å². The van der Waals surface area contributed by atoms with Crippen LogP contribution in [0, 0.1) is 19.8 Å². The maximum Gasteiger partial charge on any atom is 0.228 e. The number of hydrogen-bond donors (Lipinski definition) is 1. The lowest BCUT2D eigenvalue weighted by atomic mass is 10.0. The van der Waals surface area contributed by atoms with Crippen LogP contribution in [0.25, 0.3) is 22.0 Å². The molecule has 24 heavy (non-hydrogen) atoms. The van der Waals surface area contributed by atoms with Crippen LogP contribution in [0.15, 0.2) is 36.8 Å². The van der Waals surface area contributed by atoms with E-state index >= 15 is 0 Å². The van der Waals surface area contributed by atoms with E-state index in [2.05, 4.69) is 15.3 Å². The van der Waals surface area contributed by atoms with Crippen molar-refractivity contribution in [2.45, 2.75) is 26.7 Å². The molecule has 5 nitrogen and oxygen atoms in total. The lowest BCUT2D eigenvalue weighted by Gasteiger charge is -2.10. The monoisotopic (exact) mass is 320 g/mol. The van der Waals surface area contributed by atoms with Crippen molar-refractivity contribution in [3.8, 4) is 11.3 Å². The third-order valence-corrected chi connectivity index (χ3v) is 4.42. The number of carbonyl (C=O) groups excluding carboxylic acids is 1. The van der Waals surface area contributed by atoms with Gasteiger partial charge in [-0.25, -0.2) is 4.98 Å². The lowest BCUT2D eigenvalue weighted by molar-refractivity contribution is -0.117. The minimum absolute atomic E-state index is 0. The van der Waals surface area contributed by atoms with Crippen LogP contribution >= 0.6 is 0 Å². The second-order valence-corrected chi connectivity index (χ2v) is 6.34. The molecule has 0 atom stereocenters. The van der Waals surface area contributed by atoms with Crippen LogP contribution in [-0.2, 0) is 4.79 Å². The Labute approximate surface area is 141 Å². The van der Waals surface area contributed by atoms with E-state index in [0.717, 1.165) is 46.1 Å². The summed E-state index contributed by atoms with van der Waals surface area (Å²) in [6.45, 7) is 4.02. The van der Waals surface area contributed by atoms with Gasteiger partial charge in [0, 0.05) is 42.6 Å². The molecule has 0 spiro atoms. The smallest absolute Gasteiger partial charge is 0.228 e.